The fourth-order valence-corrected chi connectivity index (χ4v) is 3.40. The topological polar surface area (TPSA) is 62.1 Å². The smallest absolute Gasteiger partial charge is 0.266 e. The van der Waals surface area contributed by atoms with Gasteiger partial charge in [0.2, 0.25) is 0 Å². The molecule has 0 fully saturated rings. The fourth-order valence-electron chi connectivity index (χ4n) is 2.46. The first-order valence-corrected chi connectivity index (χ1v) is 9.87. The number of anilines is 1. The average Bonchev–Trinajstić information content (AvgIpc) is 2.75. The van der Waals surface area contributed by atoms with Crippen LogP contribution >= 0.6 is 23.4 Å². The Morgan fingerprint density at radius 2 is 1.59 bits per heavy atom. The molecule has 29 heavy (non-hydrogen) atoms. The molecule has 0 bridgehead atoms. The maximum Gasteiger partial charge on any atom is 0.266 e. The molecule has 1 amide bonds. The number of carbonyl (C=O) groups excluding carboxylic acids is 1. The van der Waals surface area contributed by atoms with Crippen LogP contribution in [0.4, 0.5) is 5.69 Å². The Labute approximate surface area is 178 Å². The minimum absolute atomic E-state index is 0.0268. The number of amides is 1. The van der Waals surface area contributed by atoms with E-state index in [9.17, 15) is 10.1 Å². The molecule has 144 valence electrons. The zero-order valence-electron chi connectivity index (χ0n) is 15.6. The van der Waals surface area contributed by atoms with Gasteiger partial charge in [0.05, 0.1) is 7.11 Å². The number of rotatable bonds is 6. The quantitative estimate of drug-likeness (QED) is 0.389. The molecule has 0 aliphatic heterocycles. The van der Waals surface area contributed by atoms with Gasteiger partial charge in [-0.05, 0) is 72.3 Å². The lowest BCUT2D eigenvalue weighted by Gasteiger charge is -2.06. The molecule has 0 atom stereocenters. The molecule has 0 radical (unpaired) electrons. The predicted octanol–water partition coefficient (Wildman–Crippen LogP) is 6.05. The number of carbonyl (C=O) groups is 1. The van der Waals surface area contributed by atoms with E-state index in [4.69, 9.17) is 16.3 Å². The number of nitriles is 1. The number of halogens is 1. The lowest BCUT2D eigenvalue weighted by Crippen LogP contribution is -2.13. The summed E-state index contributed by atoms with van der Waals surface area (Å²) in [4.78, 5) is 14.5. The molecule has 0 aromatic heterocycles. The van der Waals surface area contributed by atoms with Crippen LogP contribution in [-0.4, -0.2) is 13.0 Å². The molecule has 4 nitrogen and oxygen atoms in total. The van der Waals surface area contributed by atoms with Crippen molar-refractivity contribution in [2.75, 3.05) is 12.4 Å². The number of nitrogens with zero attached hydrogens (tertiary/aromatic N) is 1. The molecule has 1 N–H and O–H groups in total. The molecule has 3 aromatic carbocycles. The first-order chi connectivity index (χ1) is 14.1. The van der Waals surface area contributed by atoms with Crippen LogP contribution in [0.5, 0.6) is 5.75 Å². The minimum Gasteiger partial charge on any atom is -0.497 e. The second-order valence-electron chi connectivity index (χ2n) is 5.98. The van der Waals surface area contributed by atoms with Crippen LogP contribution in [0.25, 0.3) is 6.08 Å². The summed E-state index contributed by atoms with van der Waals surface area (Å²) in [7, 11) is 1.57. The minimum atomic E-state index is -0.461. The molecule has 3 aromatic rings. The number of hydrogen-bond donors (Lipinski definition) is 1. The van der Waals surface area contributed by atoms with Gasteiger partial charge in [0.25, 0.3) is 5.91 Å². The Kier molecular flexibility index (Phi) is 6.96. The lowest BCUT2D eigenvalue weighted by atomic mass is 10.1. The fraction of sp³-hybridized carbons (Fsp3) is 0.0435. The molecule has 0 aliphatic carbocycles. The first kappa shape index (κ1) is 20.5. The van der Waals surface area contributed by atoms with Crippen molar-refractivity contribution < 1.29 is 9.53 Å². The molecule has 0 spiro atoms. The van der Waals surface area contributed by atoms with E-state index in [0.29, 0.717) is 16.5 Å². The Morgan fingerprint density at radius 1 is 1.00 bits per heavy atom. The maximum atomic E-state index is 12.4. The van der Waals surface area contributed by atoms with Gasteiger partial charge in [0.15, 0.2) is 0 Å². The zero-order valence-corrected chi connectivity index (χ0v) is 17.1. The van der Waals surface area contributed by atoms with Crippen molar-refractivity contribution in [3.05, 3.63) is 89.0 Å². The van der Waals surface area contributed by atoms with Crippen molar-refractivity contribution in [3.8, 4) is 11.8 Å². The molecule has 0 aliphatic rings. The standard InChI is InChI=1S/C23H17ClN2O2S/c1-28-20-8-6-19(7-9-20)26-23(27)17(15-25)14-16-2-10-21(11-3-16)29-22-12-4-18(24)5-13-22/h2-14H,1H3,(H,26,27)/b17-14-. The summed E-state index contributed by atoms with van der Waals surface area (Å²) in [5, 5.41) is 12.8. The van der Waals surface area contributed by atoms with Crippen molar-refractivity contribution in [2.24, 2.45) is 0 Å². The van der Waals surface area contributed by atoms with Crippen LogP contribution in [0.2, 0.25) is 5.02 Å². The molecule has 0 saturated carbocycles. The number of hydrogen-bond acceptors (Lipinski definition) is 4. The second-order valence-corrected chi connectivity index (χ2v) is 7.56. The highest BCUT2D eigenvalue weighted by Crippen LogP contribution is 2.29. The predicted molar refractivity (Wildman–Crippen MR) is 117 cm³/mol. The summed E-state index contributed by atoms with van der Waals surface area (Å²) in [6.45, 7) is 0. The van der Waals surface area contributed by atoms with E-state index >= 15 is 0 Å². The van der Waals surface area contributed by atoms with Gasteiger partial charge in [0, 0.05) is 20.5 Å². The molecule has 3 rings (SSSR count). The van der Waals surface area contributed by atoms with Crippen molar-refractivity contribution in [2.45, 2.75) is 9.79 Å². The van der Waals surface area contributed by atoms with Crippen LogP contribution in [0, 0.1) is 11.3 Å². The zero-order chi connectivity index (χ0) is 20.6. The van der Waals surface area contributed by atoms with Crippen LogP contribution in [0.3, 0.4) is 0 Å². The summed E-state index contributed by atoms with van der Waals surface area (Å²) in [5.74, 6) is 0.230. The van der Waals surface area contributed by atoms with E-state index < -0.39 is 5.91 Å². The molecular weight excluding hydrogens is 404 g/mol. The van der Waals surface area contributed by atoms with Crippen molar-refractivity contribution in [3.63, 3.8) is 0 Å². The van der Waals surface area contributed by atoms with Crippen LogP contribution in [0.1, 0.15) is 5.56 Å². The van der Waals surface area contributed by atoms with E-state index in [2.05, 4.69) is 5.32 Å². The largest absolute Gasteiger partial charge is 0.497 e. The third-order valence-electron chi connectivity index (χ3n) is 3.95. The summed E-state index contributed by atoms with van der Waals surface area (Å²) >= 11 is 7.51. The highest BCUT2D eigenvalue weighted by atomic mass is 35.5. The van der Waals surface area contributed by atoms with E-state index in [1.54, 1.807) is 49.2 Å². The Balaban J connectivity index is 1.68. The molecule has 0 unspecified atom stereocenters. The number of nitrogens with one attached hydrogen (secondary N) is 1. The first-order valence-electron chi connectivity index (χ1n) is 8.68. The summed E-state index contributed by atoms with van der Waals surface area (Å²) in [5.41, 5.74) is 1.39. The summed E-state index contributed by atoms with van der Waals surface area (Å²) in [6.07, 6.45) is 1.57. The van der Waals surface area contributed by atoms with E-state index in [0.717, 1.165) is 15.4 Å². The van der Waals surface area contributed by atoms with Gasteiger partial charge in [-0.1, -0.05) is 35.5 Å². The van der Waals surface area contributed by atoms with Gasteiger partial charge in [-0.2, -0.15) is 5.26 Å². The molecule has 0 saturated heterocycles. The van der Waals surface area contributed by atoms with Crippen LogP contribution in [0.15, 0.2) is 88.2 Å². The third kappa shape index (κ3) is 5.89. The molecule has 6 heteroatoms. The molecule has 0 heterocycles. The monoisotopic (exact) mass is 420 g/mol. The van der Waals surface area contributed by atoms with E-state index in [-0.39, 0.29) is 5.57 Å². The Bertz CT molecular complexity index is 1050. The van der Waals surface area contributed by atoms with Gasteiger partial charge in [-0.3, -0.25) is 4.79 Å². The highest BCUT2D eigenvalue weighted by molar-refractivity contribution is 7.99. The Morgan fingerprint density at radius 3 is 2.14 bits per heavy atom. The number of methoxy groups -OCH3 is 1. The normalized spacial score (nSPS) is 10.9. The summed E-state index contributed by atoms with van der Waals surface area (Å²) in [6, 6.07) is 24.1. The van der Waals surface area contributed by atoms with Crippen molar-refractivity contribution >= 4 is 41.0 Å². The van der Waals surface area contributed by atoms with Crippen LogP contribution < -0.4 is 10.1 Å². The molecular formula is C23H17ClN2O2S. The van der Waals surface area contributed by atoms with Gasteiger partial charge >= 0.3 is 0 Å². The summed E-state index contributed by atoms with van der Waals surface area (Å²) < 4.78 is 5.09. The highest BCUT2D eigenvalue weighted by Gasteiger charge is 2.10. The van der Waals surface area contributed by atoms with Crippen molar-refractivity contribution in [1.29, 1.82) is 5.26 Å². The third-order valence-corrected chi connectivity index (χ3v) is 5.22. The van der Waals surface area contributed by atoms with E-state index in [1.165, 1.54) is 0 Å². The van der Waals surface area contributed by atoms with E-state index in [1.807, 2.05) is 54.6 Å². The van der Waals surface area contributed by atoms with Gasteiger partial charge in [-0.25, -0.2) is 0 Å². The average molecular weight is 421 g/mol. The maximum absolute atomic E-state index is 12.4. The lowest BCUT2D eigenvalue weighted by molar-refractivity contribution is -0.112. The number of ether oxygens (including phenoxy) is 1. The van der Waals surface area contributed by atoms with Crippen molar-refractivity contribution in [1.82, 2.24) is 0 Å². The van der Waals surface area contributed by atoms with Gasteiger partial charge in [-0.15, -0.1) is 0 Å². The van der Waals surface area contributed by atoms with Gasteiger partial charge < -0.3 is 10.1 Å². The SMILES string of the molecule is COc1ccc(NC(=O)/C(C#N)=C\c2ccc(Sc3ccc(Cl)cc3)cc2)cc1. The second kappa shape index (κ2) is 9.83. The number of benzene rings is 3. The van der Waals surface area contributed by atoms with Gasteiger partial charge in [0.1, 0.15) is 17.4 Å². The Hall–Kier alpha value is -3.20. The van der Waals surface area contributed by atoms with Crippen LogP contribution in [-0.2, 0) is 4.79 Å².